The van der Waals surface area contributed by atoms with Crippen LogP contribution in [0.1, 0.15) is 19.3 Å². The maximum Gasteiger partial charge on any atom is 0.319 e. The number of thiophene rings is 1. The minimum atomic E-state index is -1.11. The molecule has 13 heteroatoms. The Morgan fingerprint density at radius 3 is 2.78 bits per heavy atom. The number of aromatic nitrogens is 2. The average Bonchev–Trinajstić information content (AvgIpc) is 3.71. The SMILES string of the molecule is [C-]#[N+]C[C@H]1CN(c2nc(OC[C@@]34CCCN3C[C@H](F)C4)nc3c(F)c(-c4cccc5c(F)csc45)ccc23)CCN1C(=O)C(=C)F. The molecule has 0 bridgehead atoms. The van der Waals surface area contributed by atoms with E-state index >= 15 is 4.39 Å². The number of hydrogen-bond acceptors (Lipinski definition) is 7. The van der Waals surface area contributed by atoms with Gasteiger partial charge in [-0.15, -0.1) is 11.3 Å². The Bertz CT molecular complexity index is 1910. The van der Waals surface area contributed by atoms with E-state index in [1.54, 1.807) is 30.3 Å². The zero-order valence-corrected chi connectivity index (χ0v) is 25.6. The first-order chi connectivity index (χ1) is 22.2. The molecular weight excluding hydrogens is 620 g/mol. The Morgan fingerprint density at radius 1 is 1.13 bits per heavy atom. The third-order valence-electron chi connectivity index (χ3n) is 9.42. The molecule has 238 valence electrons. The molecule has 0 N–H and O–H groups in total. The number of piperazine rings is 1. The van der Waals surface area contributed by atoms with Crippen LogP contribution in [0.5, 0.6) is 6.01 Å². The van der Waals surface area contributed by atoms with E-state index in [1.165, 1.54) is 21.6 Å². The molecule has 3 fully saturated rings. The standard InChI is InChI=1S/C33H30F4N6O2S/c1-19(34)31(44)43-12-11-41(16-21(43)14-38-2)30-25-8-7-22(23-5-3-6-24-26(36)17-46-29(23)24)27(37)28(25)39-32(40-30)45-18-33-9-4-10-42(33)15-20(35)13-33/h3,5-8,17,20-21H,1,4,9-16,18H2/t20-,21+,33+/m1/s1. The van der Waals surface area contributed by atoms with Crippen LogP contribution in [0, 0.1) is 18.2 Å². The predicted molar refractivity (Wildman–Crippen MR) is 168 cm³/mol. The van der Waals surface area contributed by atoms with Crippen LogP contribution in [-0.2, 0) is 4.79 Å². The van der Waals surface area contributed by atoms with Gasteiger partial charge in [-0.3, -0.25) is 9.69 Å². The molecule has 0 radical (unpaired) electrons. The minimum Gasteiger partial charge on any atom is -0.461 e. The van der Waals surface area contributed by atoms with E-state index in [0.29, 0.717) is 39.8 Å². The summed E-state index contributed by atoms with van der Waals surface area (Å²) in [5.74, 6) is -2.66. The summed E-state index contributed by atoms with van der Waals surface area (Å²) < 4.78 is 66.1. The summed E-state index contributed by atoms with van der Waals surface area (Å²) in [7, 11) is 0. The first-order valence-electron chi connectivity index (χ1n) is 15.1. The molecule has 4 aromatic rings. The van der Waals surface area contributed by atoms with Gasteiger partial charge in [0.25, 0.3) is 5.91 Å². The van der Waals surface area contributed by atoms with Gasteiger partial charge in [-0.1, -0.05) is 30.8 Å². The second-order valence-electron chi connectivity index (χ2n) is 12.1. The zero-order chi connectivity index (χ0) is 32.2. The van der Waals surface area contributed by atoms with Crippen molar-refractivity contribution in [2.45, 2.75) is 37.0 Å². The lowest BCUT2D eigenvalue weighted by Crippen LogP contribution is -2.56. The third kappa shape index (κ3) is 5.13. The Morgan fingerprint density at radius 2 is 1.98 bits per heavy atom. The fourth-order valence-corrected chi connectivity index (χ4v) is 8.20. The highest BCUT2D eigenvalue weighted by atomic mass is 32.1. The molecule has 3 saturated heterocycles. The van der Waals surface area contributed by atoms with Crippen LogP contribution in [0.2, 0.25) is 0 Å². The van der Waals surface area contributed by atoms with E-state index in [9.17, 15) is 18.0 Å². The van der Waals surface area contributed by atoms with Gasteiger partial charge in [0.05, 0.1) is 5.54 Å². The van der Waals surface area contributed by atoms with E-state index in [-0.39, 0.29) is 55.7 Å². The molecule has 3 atom stereocenters. The van der Waals surface area contributed by atoms with Crippen LogP contribution in [-0.4, -0.2) is 89.3 Å². The molecule has 2 aromatic carbocycles. The number of amides is 1. The number of nitrogens with zero attached hydrogens (tertiary/aromatic N) is 6. The predicted octanol–water partition coefficient (Wildman–Crippen LogP) is 6.16. The molecule has 5 heterocycles. The van der Waals surface area contributed by atoms with Crippen molar-refractivity contribution in [1.82, 2.24) is 19.8 Å². The summed E-state index contributed by atoms with van der Waals surface area (Å²) in [4.78, 5) is 30.4. The van der Waals surface area contributed by atoms with Crippen LogP contribution < -0.4 is 9.64 Å². The number of carbonyl (C=O) groups excluding carboxylic acids is 1. The normalized spacial score (nSPS) is 23.2. The summed E-state index contributed by atoms with van der Waals surface area (Å²) >= 11 is 1.19. The highest BCUT2D eigenvalue weighted by Crippen LogP contribution is 2.42. The van der Waals surface area contributed by atoms with Crippen LogP contribution in [0.25, 0.3) is 37.0 Å². The van der Waals surface area contributed by atoms with Crippen molar-refractivity contribution in [3.05, 3.63) is 71.2 Å². The Labute approximate surface area is 266 Å². The molecule has 0 aliphatic carbocycles. The monoisotopic (exact) mass is 650 g/mol. The van der Waals surface area contributed by atoms with Crippen LogP contribution in [0.15, 0.2) is 48.1 Å². The summed E-state index contributed by atoms with van der Waals surface area (Å²) in [5.41, 5.74) is 0.248. The number of benzene rings is 2. The maximum atomic E-state index is 16.6. The molecule has 0 spiro atoms. The molecule has 3 aliphatic heterocycles. The van der Waals surface area contributed by atoms with Crippen molar-refractivity contribution in [1.29, 1.82) is 0 Å². The van der Waals surface area contributed by atoms with Crippen molar-refractivity contribution in [3.8, 4) is 17.1 Å². The number of carbonyl (C=O) groups is 1. The van der Waals surface area contributed by atoms with E-state index in [2.05, 4.69) is 21.3 Å². The Kier molecular flexibility index (Phi) is 7.81. The van der Waals surface area contributed by atoms with Crippen molar-refractivity contribution >= 4 is 44.1 Å². The maximum absolute atomic E-state index is 16.6. The van der Waals surface area contributed by atoms with Crippen molar-refractivity contribution in [3.63, 3.8) is 0 Å². The molecule has 8 nitrogen and oxygen atoms in total. The van der Waals surface area contributed by atoms with Crippen LogP contribution >= 0.6 is 11.3 Å². The topological polar surface area (TPSA) is 66.2 Å². The van der Waals surface area contributed by atoms with E-state index in [4.69, 9.17) is 16.3 Å². The molecule has 3 aliphatic rings. The van der Waals surface area contributed by atoms with Gasteiger partial charge in [-0.2, -0.15) is 9.97 Å². The molecule has 1 amide bonds. The Balaban J connectivity index is 1.31. The second kappa shape index (κ2) is 11.8. The fraction of sp³-hybridized carbons (Fsp3) is 0.394. The van der Waals surface area contributed by atoms with E-state index < -0.39 is 35.3 Å². The van der Waals surface area contributed by atoms with Gasteiger partial charge >= 0.3 is 6.01 Å². The summed E-state index contributed by atoms with van der Waals surface area (Å²) in [6.07, 6.45) is 1.06. The summed E-state index contributed by atoms with van der Waals surface area (Å²) in [5, 5.41) is 2.16. The Hall–Kier alpha value is -4.28. The lowest BCUT2D eigenvalue weighted by molar-refractivity contribution is -0.131. The number of ether oxygens (including phenoxy) is 1. The van der Waals surface area contributed by atoms with E-state index in [1.807, 2.05) is 4.90 Å². The summed E-state index contributed by atoms with van der Waals surface area (Å²) in [6.45, 7) is 12.2. The first kappa shape index (κ1) is 30.4. The van der Waals surface area contributed by atoms with Gasteiger partial charge in [-0.25, -0.2) is 24.1 Å². The van der Waals surface area contributed by atoms with Gasteiger partial charge in [0.2, 0.25) is 6.54 Å². The molecule has 0 unspecified atom stereocenters. The summed E-state index contributed by atoms with van der Waals surface area (Å²) in [6, 6.07) is 7.61. The number of halogens is 4. The molecular formula is C33H30F4N6O2S. The van der Waals surface area contributed by atoms with Crippen LogP contribution in [0.4, 0.5) is 23.4 Å². The third-order valence-corrected chi connectivity index (χ3v) is 10.4. The number of hydrogen-bond donors (Lipinski definition) is 0. The fourth-order valence-electron chi connectivity index (χ4n) is 7.26. The van der Waals surface area contributed by atoms with Gasteiger partial charge in [-0.05, 0) is 25.5 Å². The van der Waals surface area contributed by atoms with Gasteiger partial charge in [0.15, 0.2) is 11.6 Å². The highest BCUT2D eigenvalue weighted by molar-refractivity contribution is 7.17. The largest absolute Gasteiger partial charge is 0.461 e. The van der Waals surface area contributed by atoms with Crippen molar-refractivity contribution in [2.24, 2.45) is 0 Å². The zero-order valence-electron chi connectivity index (χ0n) is 24.8. The molecule has 0 saturated carbocycles. The first-order valence-corrected chi connectivity index (χ1v) is 16.0. The molecule has 46 heavy (non-hydrogen) atoms. The lowest BCUT2D eigenvalue weighted by atomic mass is 9.95. The van der Waals surface area contributed by atoms with Gasteiger partial charge in [0, 0.05) is 64.6 Å². The molecule has 7 rings (SSSR count). The quantitative estimate of drug-likeness (QED) is 0.136. The van der Waals surface area contributed by atoms with E-state index in [0.717, 1.165) is 19.4 Å². The number of alkyl halides is 1. The van der Waals surface area contributed by atoms with Crippen molar-refractivity contribution < 1.29 is 27.1 Å². The van der Waals surface area contributed by atoms with Crippen LogP contribution in [0.3, 0.4) is 0 Å². The number of rotatable bonds is 7. The number of anilines is 1. The average molecular weight is 651 g/mol. The lowest BCUT2D eigenvalue weighted by Gasteiger charge is -2.39. The van der Waals surface area contributed by atoms with Crippen molar-refractivity contribution in [2.75, 3.05) is 50.8 Å². The van der Waals surface area contributed by atoms with Gasteiger partial charge < -0.3 is 19.4 Å². The smallest absolute Gasteiger partial charge is 0.319 e. The number of fused-ring (bicyclic) bond motifs is 3. The minimum absolute atomic E-state index is 0.0144. The second-order valence-corrected chi connectivity index (χ2v) is 13.0. The van der Waals surface area contributed by atoms with Gasteiger partial charge in [0.1, 0.15) is 36.0 Å². The highest BCUT2D eigenvalue weighted by Gasteiger charge is 2.49. The molecule has 2 aromatic heterocycles.